The van der Waals surface area contributed by atoms with Gasteiger partial charge in [-0.3, -0.25) is 5.32 Å². The molecule has 1 aromatic heterocycles. The lowest BCUT2D eigenvalue weighted by atomic mass is 10.3. The normalized spacial score (nSPS) is 9.00. The molecule has 0 aliphatic heterocycles. The molecule has 0 radical (unpaired) electrons. The first kappa shape index (κ1) is 8.56. The smallest absolute Gasteiger partial charge is 0.409 e. The highest BCUT2D eigenvalue weighted by atomic mass is 32.1. The summed E-state index contributed by atoms with van der Waals surface area (Å²) in [7, 11) is 0. The summed E-state index contributed by atoms with van der Waals surface area (Å²) in [6.07, 6.45) is -1.15. The number of anilines is 1. The van der Waals surface area contributed by atoms with Gasteiger partial charge in [-0.15, -0.1) is 11.3 Å². The summed E-state index contributed by atoms with van der Waals surface area (Å²) in [5, 5.41) is 19.5. The van der Waals surface area contributed by atoms with Crippen LogP contribution >= 0.6 is 11.3 Å². The summed E-state index contributed by atoms with van der Waals surface area (Å²) in [5.74, 6) is 0. The SMILES string of the molecule is Cc1cc(C#N)c(NC(=O)O)s1. The van der Waals surface area contributed by atoms with Crippen molar-refractivity contribution in [2.24, 2.45) is 0 Å². The highest BCUT2D eigenvalue weighted by Gasteiger charge is 2.07. The van der Waals surface area contributed by atoms with E-state index >= 15 is 0 Å². The quantitative estimate of drug-likeness (QED) is 0.697. The Balaban J connectivity index is 2.99. The van der Waals surface area contributed by atoms with Crippen molar-refractivity contribution in [1.82, 2.24) is 0 Å². The number of hydrogen-bond donors (Lipinski definition) is 2. The van der Waals surface area contributed by atoms with Crippen molar-refractivity contribution in [1.29, 1.82) is 5.26 Å². The Morgan fingerprint density at radius 1 is 1.83 bits per heavy atom. The number of nitrogens with one attached hydrogen (secondary N) is 1. The van der Waals surface area contributed by atoms with Gasteiger partial charge in [0.05, 0.1) is 5.56 Å². The molecule has 0 saturated carbocycles. The maximum absolute atomic E-state index is 10.2. The molecule has 5 heteroatoms. The third-order valence-electron chi connectivity index (χ3n) is 1.20. The molecule has 0 bridgehead atoms. The first-order valence-corrected chi connectivity index (χ1v) is 3.95. The molecular weight excluding hydrogens is 176 g/mol. The van der Waals surface area contributed by atoms with Gasteiger partial charge in [-0.25, -0.2) is 4.79 Å². The second-order valence-electron chi connectivity index (χ2n) is 2.14. The lowest BCUT2D eigenvalue weighted by Gasteiger charge is -1.94. The monoisotopic (exact) mass is 182 g/mol. The van der Waals surface area contributed by atoms with Crippen LogP contribution in [0.25, 0.3) is 0 Å². The average Bonchev–Trinajstić information content (AvgIpc) is 2.29. The minimum Gasteiger partial charge on any atom is -0.465 e. The van der Waals surface area contributed by atoms with E-state index in [1.807, 2.05) is 13.0 Å². The van der Waals surface area contributed by atoms with E-state index in [2.05, 4.69) is 5.32 Å². The topological polar surface area (TPSA) is 73.1 Å². The van der Waals surface area contributed by atoms with Crippen LogP contribution in [0.4, 0.5) is 9.80 Å². The van der Waals surface area contributed by atoms with E-state index < -0.39 is 6.09 Å². The number of thiophene rings is 1. The Kier molecular flexibility index (Phi) is 2.31. The van der Waals surface area contributed by atoms with Crippen molar-refractivity contribution in [3.05, 3.63) is 16.5 Å². The number of rotatable bonds is 1. The predicted molar refractivity (Wildman–Crippen MR) is 45.4 cm³/mol. The van der Waals surface area contributed by atoms with Gasteiger partial charge in [-0.1, -0.05) is 0 Å². The van der Waals surface area contributed by atoms with Crippen molar-refractivity contribution in [3.8, 4) is 6.07 Å². The van der Waals surface area contributed by atoms with Crippen molar-refractivity contribution >= 4 is 22.4 Å². The van der Waals surface area contributed by atoms with Gasteiger partial charge in [0.25, 0.3) is 0 Å². The molecule has 0 fully saturated rings. The standard InChI is InChI=1S/C7H6N2O2S/c1-4-2-5(3-8)6(12-4)9-7(10)11/h2,9H,1H3,(H,10,11). The van der Waals surface area contributed by atoms with E-state index in [1.165, 1.54) is 11.3 Å². The molecule has 0 saturated heterocycles. The number of carbonyl (C=O) groups is 1. The molecular formula is C7H6N2O2S. The van der Waals surface area contributed by atoms with E-state index in [0.29, 0.717) is 10.6 Å². The van der Waals surface area contributed by atoms with Gasteiger partial charge in [0.15, 0.2) is 0 Å². The zero-order chi connectivity index (χ0) is 9.14. The van der Waals surface area contributed by atoms with Crippen molar-refractivity contribution < 1.29 is 9.90 Å². The van der Waals surface area contributed by atoms with Crippen molar-refractivity contribution in [3.63, 3.8) is 0 Å². The van der Waals surface area contributed by atoms with E-state index in [9.17, 15) is 4.79 Å². The summed E-state index contributed by atoms with van der Waals surface area (Å²) in [5.41, 5.74) is 0.375. The van der Waals surface area contributed by atoms with Crippen LogP contribution in [-0.4, -0.2) is 11.2 Å². The summed E-state index contributed by atoms with van der Waals surface area (Å²) in [4.78, 5) is 11.1. The van der Waals surface area contributed by atoms with E-state index in [1.54, 1.807) is 6.07 Å². The summed E-state index contributed by atoms with van der Waals surface area (Å²) in [6.45, 7) is 1.82. The van der Waals surface area contributed by atoms with Crippen molar-refractivity contribution in [2.45, 2.75) is 6.92 Å². The molecule has 0 aliphatic carbocycles. The zero-order valence-electron chi connectivity index (χ0n) is 6.29. The van der Waals surface area contributed by atoms with Gasteiger partial charge in [0.1, 0.15) is 11.1 Å². The highest BCUT2D eigenvalue weighted by molar-refractivity contribution is 7.16. The third kappa shape index (κ3) is 1.74. The molecule has 1 rings (SSSR count). The van der Waals surface area contributed by atoms with E-state index in [4.69, 9.17) is 10.4 Å². The third-order valence-corrected chi connectivity index (χ3v) is 2.16. The van der Waals surface area contributed by atoms with E-state index in [-0.39, 0.29) is 0 Å². The second kappa shape index (κ2) is 3.24. The minimum absolute atomic E-state index is 0.375. The number of nitriles is 1. The molecule has 12 heavy (non-hydrogen) atoms. The maximum atomic E-state index is 10.2. The first-order chi connectivity index (χ1) is 5.63. The van der Waals surface area contributed by atoms with Gasteiger partial charge in [-0.05, 0) is 13.0 Å². The first-order valence-electron chi connectivity index (χ1n) is 3.14. The second-order valence-corrected chi connectivity index (χ2v) is 3.40. The van der Waals surface area contributed by atoms with Crippen LogP contribution in [0.15, 0.2) is 6.07 Å². The molecule has 0 spiro atoms. The number of hydrogen-bond acceptors (Lipinski definition) is 3. The Morgan fingerprint density at radius 2 is 2.50 bits per heavy atom. The molecule has 2 N–H and O–H groups in total. The summed E-state index contributed by atoms with van der Waals surface area (Å²) >= 11 is 1.25. The summed E-state index contributed by atoms with van der Waals surface area (Å²) < 4.78 is 0. The van der Waals surface area contributed by atoms with Crippen LogP contribution in [0, 0.1) is 18.3 Å². The molecule has 1 amide bonds. The van der Waals surface area contributed by atoms with Gasteiger partial charge in [0.2, 0.25) is 0 Å². The van der Waals surface area contributed by atoms with Crippen LogP contribution in [-0.2, 0) is 0 Å². The van der Waals surface area contributed by atoms with Gasteiger partial charge in [0, 0.05) is 4.88 Å². The molecule has 1 heterocycles. The number of aryl methyl sites for hydroxylation is 1. The predicted octanol–water partition coefficient (Wildman–Crippen LogP) is 2.02. The lowest BCUT2D eigenvalue weighted by molar-refractivity contribution is 0.210. The van der Waals surface area contributed by atoms with Crippen LogP contribution in [0.3, 0.4) is 0 Å². The molecule has 4 nitrogen and oxygen atoms in total. The Labute approximate surface area is 73.1 Å². The number of amides is 1. The molecule has 0 aromatic carbocycles. The van der Waals surface area contributed by atoms with Gasteiger partial charge < -0.3 is 5.11 Å². The molecule has 62 valence electrons. The van der Waals surface area contributed by atoms with Crippen LogP contribution in [0.5, 0.6) is 0 Å². The number of carboxylic acid groups (broad SMARTS) is 1. The van der Waals surface area contributed by atoms with E-state index in [0.717, 1.165) is 4.88 Å². The van der Waals surface area contributed by atoms with Gasteiger partial charge >= 0.3 is 6.09 Å². The van der Waals surface area contributed by atoms with Gasteiger partial charge in [-0.2, -0.15) is 5.26 Å². The Morgan fingerprint density at radius 3 is 3.00 bits per heavy atom. The Bertz CT molecular complexity index is 351. The van der Waals surface area contributed by atoms with Crippen LogP contribution < -0.4 is 5.32 Å². The molecule has 0 aliphatic rings. The Hall–Kier alpha value is -1.54. The van der Waals surface area contributed by atoms with Crippen LogP contribution in [0.1, 0.15) is 10.4 Å². The fourth-order valence-corrected chi connectivity index (χ4v) is 1.64. The number of nitrogens with zero attached hydrogens (tertiary/aromatic N) is 1. The fourth-order valence-electron chi connectivity index (χ4n) is 0.787. The molecule has 0 atom stereocenters. The van der Waals surface area contributed by atoms with Crippen LogP contribution in [0.2, 0.25) is 0 Å². The molecule has 0 unspecified atom stereocenters. The molecule has 1 aromatic rings. The van der Waals surface area contributed by atoms with Crippen molar-refractivity contribution in [2.75, 3.05) is 5.32 Å². The zero-order valence-corrected chi connectivity index (χ0v) is 7.10. The lowest BCUT2D eigenvalue weighted by Crippen LogP contribution is -2.06. The average molecular weight is 182 g/mol. The minimum atomic E-state index is -1.15. The highest BCUT2D eigenvalue weighted by Crippen LogP contribution is 2.26. The fraction of sp³-hybridized carbons (Fsp3) is 0.143. The maximum Gasteiger partial charge on any atom is 0.409 e. The largest absolute Gasteiger partial charge is 0.465 e. The summed E-state index contributed by atoms with van der Waals surface area (Å²) in [6, 6.07) is 3.56.